The Morgan fingerprint density at radius 3 is 2.41 bits per heavy atom. The predicted octanol–water partition coefficient (Wildman–Crippen LogP) is 5.36. The molecule has 0 radical (unpaired) electrons. The van der Waals surface area contributed by atoms with Crippen molar-refractivity contribution in [2.45, 2.75) is 13.8 Å². The van der Waals surface area contributed by atoms with Gasteiger partial charge in [-0.05, 0) is 48.6 Å². The number of carbonyl (C=O) groups excluding carboxylic acids is 1. The SMILES string of the molecule is Cc1cccc(NC(=O)c2cccc3c(Cl)cccc23)c1C. The molecule has 0 fully saturated rings. The van der Waals surface area contributed by atoms with Gasteiger partial charge in [0, 0.05) is 21.7 Å². The van der Waals surface area contributed by atoms with E-state index >= 15 is 0 Å². The number of hydrogen-bond donors (Lipinski definition) is 1. The number of nitrogens with one attached hydrogen (secondary N) is 1. The molecule has 0 aliphatic rings. The number of hydrogen-bond acceptors (Lipinski definition) is 1. The molecule has 0 aliphatic carbocycles. The van der Waals surface area contributed by atoms with Crippen LogP contribution in [0.2, 0.25) is 5.02 Å². The van der Waals surface area contributed by atoms with Crippen molar-refractivity contribution < 1.29 is 4.79 Å². The molecular weight excluding hydrogens is 294 g/mol. The van der Waals surface area contributed by atoms with Crippen molar-refractivity contribution in [1.82, 2.24) is 0 Å². The van der Waals surface area contributed by atoms with Crippen LogP contribution in [-0.4, -0.2) is 5.91 Å². The first kappa shape index (κ1) is 14.6. The molecule has 110 valence electrons. The van der Waals surface area contributed by atoms with Crippen LogP contribution in [0.5, 0.6) is 0 Å². The van der Waals surface area contributed by atoms with Crippen molar-refractivity contribution in [3.8, 4) is 0 Å². The summed E-state index contributed by atoms with van der Waals surface area (Å²) in [6.07, 6.45) is 0. The van der Waals surface area contributed by atoms with E-state index in [1.54, 1.807) is 0 Å². The number of fused-ring (bicyclic) bond motifs is 1. The number of aryl methyl sites for hydroxylation is 1. The molecule has 1 amide bonds. The van der Waals surface area contributed by atoms with Gasteiger partial charge in [0.1, 0.15) is 0 Å². The summed E-state index contributed by atoms with van der Waals surface area (Å²) in [7, 11) is 0. The van der Waals surface area contributed by atoms with Gasteiger partial charge in [-0.15, -0.1) is 0 Å². The van der Waals surface area contributed by atoms with Gasteiger partial charge < -0.3 is 5.32 Å². The summed E-state index contributed by atoms with van der Waals surface area (Å²) in [5, 5.41) is 5.39. The van der Waals surface area contributed by atoms with Gasteiger partial charge in [-0.25, -0.2) is 0 Å². The molecule has 22 heavy (non-hydrogen) atoms. The Kier molecular flexibility index (Phi) is 3.86. The Morgan fingerprint density at radius 1 is 0.909 bits per heavy atom. The molecule has 0 saturated carbocycles. The lowest BCUT2D eigenvalue weighted by Crippen LogP contribution is -2.13. The van der Waals surface area contributed by atoms with Gasteiger partial charge in [-0.1, -0.05) is 48.0 Å². The third-order valence-electron chi connectivity index (χ3n) is 3.97. The number of benzene rings is 3. The number of amides is 1. The first-order chi connectivity index (χ1) is 10.6. The van der Waals surface area contributed by atoms with Gasteiger partial charge >= 0.3 is 0 Å². The highest BCUT2D eigenvalue weighted by atomic mass is 35.5. The molecule has 0 aromatic heterocycles. The standard InChI is InChI=1S/C19H16ClNO/c1-12-6-3-11-18(13(12)2)21-19(22)16-9-4-8-15-14(16)7-5-10-17(15)20/h3-11H,1-2H3,(H,21,22). The minimum absolute atomic E-state index is 0.124. The van der Waals surface area contributed by atoms with Crippen LogP contribution in [0, 0.1) is 13.8 Å². The van der Waals surface area contributed by atoms with E-state index in [4.69, 9.17) is 11.6 Å². The second-order valence-electron chi connectivity index (χ2n) is 5.34. The number of anilines is 1. The summed E-state index contributed by atoms with van der Waals surface area (Å²) >= 11 is 6.21. The summed E-state index contributed by atoms with van der Waals surface area (Å²) in [5.74, 6) is -0.124. The Labute approximate surface area is 134 Å². The van der Waals surface area contributed by atoms with Gasteiger partial charge in [0.2, 0.25) is 0 Å². The number of rotatable bonds is 2. The van der Waals surface area contributed by atoms with Crippen LogP contribution < -0.4 is 5.32 Å². The van der Waals surface area contributed by atoms with Crippen molar-refractivity contribution in [3.05, 3.63) is 76.3 Å². The van der Waals surface area contributed by atoms with Crippen LogP contribution in [0.15, 0.2) is 54.6 Å². The molecule has 2 nitrogen and oxygen atoms in total. The number of halogens is 1. The molecule has 3 heteroatoms. The fourth-order valence-electron chi connectivity index (χ4n) is 2.55. The zero-order chi connectivity index (χ0) is 15.7. The zero-order valence-corrected chi connectivity index (χ0v) is 13.2. The summed E-state index contributed by atoms with van der Waals surface area (Å²) in [6.45, 7) is 4.04. The second-order valence-corrected chi connectivity index (χ2v) is 5.75. The number of carbonyl (C=O) groups is 1. The topological polar surface area (TPSA) is 29.1 Å². The van der Waals surface area contributed by atoms with Crippen LogP contribution in [0.4, 0.5) is 5.69 Å². The summed E-state index contributed by atoms with van der Waals surface area (Å²) in [5.41, 5.74) is 3.69. The predicted molar refractivity (Wildman–Crippen MR) is 92.8 cm³/mol. The van der Waals surface area contributed by atoms with E-state index < -0.39 is 0 Å². The van der Waals surface area contributed by atoms with Crippen LogP contribution in [0.3, 0.4) is 0 Å². The first-order valence-electron chi connectivity index (χ1n) is 7.13. The van der Waals surface area contributed by atoms with Crippen molar-refractivity contribution in [1.29, 1.82) is 0 Å². The molecule has 0 spiro atoms. The van der Waals surface area contributed by atoms with E-state index in [-0.39, 0.29) is 5.91 Å². The third-order valence-corrected chi connectivity index (χ3v) is 4.30. The third kappa shape index (κ3) is 2.58. The Morgan fingerprint density at radius 2 is 1.59 bits per heavy atom. The largest absolute Gasteiger partial charge is 0.322 e. The quantitative estimate of drug-likeness (QED) is 0.678. The van der Waals surface area contributed by atoms with Gasteiger partial charge in [0.25, 0.3) is 5.91 Å². The van der Waals surface area contributed by atoms with E-state index in [1.165, 1.54) is 0 Å². The fourth-order valence-corrected chi connectivity index (χ4v) is 2.78. The lowest BCUT2D eigenvalue weighted by atomic mass is 10.0. The molecule has 3 rings (SSSR count). The van der Waals surface area contributed by atoms with Crippen LogP contribution in [-0.2, 0) is 0 Å². The minimum atomic E-state index is -0.124. The summed E-state index contributed by atoms with van der Waals surface area (Å²) in [4.78, 5) is 12.6. The van der Waals surface area contributed by atoms with Gasteiger partial charge in [-0.2, -0.15) is 0 Å². The highest BCUT2D eigenvalue weighted by molar-refractivity contribution is 6.36. The molecule has 0 aliphatic heterocycles. The fraction of sp³-hybridized carbons (Fsp3) is 0.105. The Hall–Kier alpha value is -2.32. The average Bonchev–Trinajstić information content (AvgIpc) is 2.52. The lowest BCUT2D eigenvalue weighted by molar-refractivity contribution is 0.102. The van der Waals surface area contributed by atoms with Gasteiger partial charge in [-0.3, -0.25) is 4.79 Å². The maximum Gasteiger partial charge on any atom is 0.256 e. The summed E-state index contributed by atoms with van der Waals surface area (Å²) < 4.78 is 0. The van der Waals surface area contributed by atoms with E-state index in [9.17, 15) is 4.79 Å². The van der Waals surface area contributed by atoms with E-state index in [2.05, 4.69) is 5.32 Å². The minimum Gasteiger partial charge on any atom is -0.322 e. The maximum atomic E-state index is 12.6. The van der Waals surface area contributed by atoms with Crippen molar-refractivity contribution in [2.24, 2.45) is 0 Å². The molecule has 0 bridgehead atoms. The Bertz CT molecular complexity index is 870. The Balaban J connectivity index is 2.03. The molecule has 0 atom stereocenters. The highest BCUT2D eigenvalue weighted by Gasteiger charge is 2.12. The molecule has 0 saturated heterocycles. The van der Waals surface area contributed by atoms with Crippen molar-refractivity contribution in [3.63, 3.8) is 0 Å². The first-order valence-corrected chi connectivity index (χ1v) is 7.50. The lowest BCUT2D eigenvalue weighted by Gasteiger charge is -2.12. The normalized spacial score (nSPS) is 10.7. The van der Waals surface area contributed by atoms with Gasteiger partial charge in [0.15, 0.2) is 0 Å². The van der Waals surface area contributed by atoms with Crippen LogP contribution >= 0.6 is 11.6 Å². The second kappa shape index (κ2) is 5.82. The van der Waals surface area contributed by atoms with Crippen molar-refractivity contribution >= 4 is 34.0 Å². The average molecular weight is 310 g/mol. The molecule has 3 aromatic carbocycles. The smallest absolute Gasteiger partial charge is 0.256 e. The van der Waals surface area contributed by atoms with Crippen LogP contribution in [0.1, 0.15) is 21.5 Å². The zero-order valence-electron chi connectivity index (χ0n) is 12.5. The van der Waals surface area contributed by atoms with Gasteiger partial charge in [0.05, 0.1) is 0 Å². The van der Waals surface area contributed by atoms with E-state index in [0.29, 0.717) is 10.6 Å². The maximum absolute atomic E-state index is 12.6. The molecular formula is C19H16ClNO. The van der Waals surface area contributed by atoms with E-state index in [1.807, 2.05) is 68.4 Å². The molecule has 1 N–H and O–H groups in total. The van der Waals surface area contributed by atoms with E-state index in [0.717, 1.165) is 27.6 Å². The summed E-state index contributed by atoms with van der Waals surface area (Å²) in [6, 6.07) is 17.1. The monoisotopic (exact) mass is 309 g/mol. The highest BCUT2D eigenvalue weighted by Crippen LogP contribution is 2.27. The molecule has 0 heterocycles. The van der Waals surface area contributed by atoms with Crippen LogP contribution in [0.25, 0.3) is 10.8 Å². The molecule has 3 aromatic rings. The molecule has 0 unspecified atom stereocenters. The van der Waals surface area contributed by atoms with Crippen molar-refractivity contribution in [2.75, 3.05) is 5.32 Å².